The summed E-state index contributed by atoms with van der Waals surface area (Å²) in [7, 11) is 0. The Kier molecular flexibility index (Phi) is 4.83. The van der Waals surface area contributed by atoms with Gasteiger partial charge in [0.1, 0.15) is 0 Å². The second-order valence-corrected chi connectivity index (χ2v) is 4.72. The van der Waals surface area contributed by atoms with Gasteiger partial charge in [-0.15, -0.1) is 0 Å². The van der Waals surface area contributed by atoms with E-state index in [4.69, 9.17) is 10.6 Å². The number of hydrogen-bond donors (Lipinski definition) is 3. The molecule has 21 heavy (non-hydrogen) atoms. The summed E-state index contributed by atoms with van der Waals surface area (Å²) in [5.74, 6) is 5.99. The number of hydrazine groups is 1. The average molecular weight is 289 g/mol. The van der Waals surface area contributed by atoms with Crippen LogP contribution >= 0.6 is 0 Å². The number of nitrogens with two attached hydrogens (primary N) is 1. The third kappa shape index (κ3) is 4.25. The highest BCUT2D eigenvalue weighted by molar-refractivity contribution is 5.37. The zero-order chi connectivity index (χ0) is 15.2. The van der Waals surface area contributed by atoms with Crippen molar-refractivity contribution < 1.29 is 4.74 Å². The summed E-state index contributed by atoms with van der Waals surface area (Å²) < 4.78 is 5.48. The maximum atomic E-state index is 5.48. The van der Waals surface area contributed by atoms with Gasteiger partial charge in [0.05, 0.1) is 12.1 Å². The van der Waals surface area contributed by atoms with Crippen LogP contribution < -0.4 is 21.3 Å². The van der Waals surface area contributed by atoms with Crippen LogP contribution in [0, 0.1) is 0 Å². The highest BCUT2D eigenvalue weighted by Crippen LogP contribution is 2.18. The minimum absolute atomic E-state index is 0.00734. The van der Waals surface area contributed by atoms with Gasteiger partial charge < -0.3 is 10.1 Å². The summed E-state index contributed by atoms with van der Waals surface area (Å²) >= 11 is 0. The molecule has 0 radical (unpaired) electrons. The minimum atomic E-state index is -0.0384. The van der Waals surface area contributed by atoms with E-state index in [1.807, 2.05) is 32.9 Å². The molecule has 0 aliphatic carbocycles. The predicted molar refractivity (Wildman–Crippen MR) is 79.7 cm³/mol. The predicted octanol–water partition coefficient (Wildman–Crippen LogP) is 1.51. The Morgan fingerprint density at radius 1 is 1.05 bits per heavy atom. The first-order valence-corrected chi connectivity index (χ1v) is 6.64. The highest BCUT2D eigenvalue weighted by Gasteiger charge is 2.11. The molecule has 4 N–H and O–H groups in total. The quantitative estimate of drug-likeness (QED) is 0.542. The lowest BCUT2D eigenvalue weighted by Gasteiger charge is -2.15. The first-order valence-electron chi connectivity index (χ1n) is 6.64. The first-order chi connectivity index (χ1) is 10.1. The molecule has 0 aliphatic rings. The van der Waals surface area contributed by atoms with E-state index in [9.17, 15) is 0 Å². The topological polar surface area (TPSA) is 111 Å². The maximum absolute atomic E-state index is 5.48. The molecule has 1 unspecified atom stereocenters. The molecule has 8 nitrogen and oxygen atoms in total. The van der Waals surface area contributed by atoms with Crippen LogP contribution in [-0.4, -0.2) is 26.0 Å². The fraction of sp³-hybridized carbons (Fsp3) is 0.385. The van der Waals surface area contributed by atoms with Gasteiger partial charge in [0.2, 0.25) is 11.9 Å². The van der Waals surface area contributed by atoms with Crippen LogP contribution in [0.2, 0.25) is 0 Å². The van der Waals surface area contributed by atoms with Gasteiger partial charge in [-0.1, -0.05) is 0 Å². The van der Waals surface area contributed by atoms with Crippen molar-refractivity contribution in [3.05, 3.63) is 30.1 Å². The molecule has 0 aliphatic heterocycles. The van der Waals surface area contributed by atoms with Crippen LogP contribution in [0.4, 0.5) is 11.9 Å². The van der Waals surface area contributed by atoms with E-state index in [1.165, 1.54) is 0 Å². The molecule has 8 heteroatoms. The highest BCUT2D eigenvalue weighted by atomic mass is 16.5. The SMILES string of the molecule is CC(C)Oc1nc(NN)nc(NC(C)c2ccncc2)n1. The molecule has 0 aromatic carbocycles. The van der Waals surface area contributed by atoms with Crippen molar-refractivity contribution in [2.24, 2.45) is 5.84 Å². The molecule has 2 aromatic heterocycles. The van der Waals surface area contributed by atoms with Crippen LogP contribution in [0.5, 0.6) is 6.01 Å². The average Bonchev–Trinajstić information content (AvgIpc) is 2.47. The minimum Gasteiger partial charge on any atom is -0.461 e. The largest absolute Gasteiger partial charge is 0.461 e. The van der Waals surface area contributed by atoms with Gasteiger partial charge >= 0.3 is 6.01 Å². The Morgan fingerprint density at radius 2 is 1.71 bits per heavy atom. The number of nitrogens with one attached hydrogen (secondary N) is 2. The molecule has 0 fully saturated rings. The molecule has 0 saturated carbocycles. The van der Waals surface area contributed by atoms with Crippen molar-refractivity contribution in [1.82, 2.24) is 19.9 Å². The van der Waals surface area contributed by atoms with E-state index < -0.39 is 0 Å². The number of aromatic nitrogens is 4. The Morgan fingerprint density at radius 3 is 2.33 bits per heavy atom. The van der Waals surface area contributed by atoms with Crippen molar-refractivity contribution in [3.8, 4) is 6.01 Å². The van der Waals surface area contributed by atoms with E-state index in [2.05, 4.69) is 30.7 Å². The smallest absolute Gasteiger partial charge is 0.323 e. The van der Waals surface area contributed by atoms with Crippen LogP contribution in [-0.2, 0) is 0 Å². The first kappa shape index (κ1) is 14.9. The summed E-state index contributed by atoms with van der Waals surface area (Å²) in [6, 6.07) is 4.07. The van der Waals surface area contributed by atoms with Gasteiger partial charge in [-0.25, -0.2) is 5.84 Å². The van der Waals surface area contributed by atoms with Gasteiger partial charge in [-0.3, -0.25) is 10.4 Å². The van der Waals surface area contributed by atoms with Crippen molar-refractivity contribution >= 4 is 11.9 Å². The second-order valence-electron chi connectivity index (χ2n) is 4.72. The Balaban J connectivity index is 2.18. The standard InChI is InChI=1S/C13H19N7O/c1-8(2)21-13-18-11(17-12(19-13)20-14)16-9(3)10-4-6-15-7-5-10/h4-9H,14H2,1-3H3,(H2,16,17,18,19,20). The fourth-order valence-electron chi connectivity index (χ4n) is 1.68. The number of nitrogens with zero attached hydrogens (tertiary/aromatic N) is 4. The van der Waals surface area contributed by atoms with Crippen molar-refractivity contribution in [2.45, 2.75) is 32.9 Å². The van der Waals surface area contributed by atoms with Crippen molar-refractivity contribution in [1.29, 1.82) is 0 Å². The monoisotopic (exact) mass is 289 g/mol. The lowest BCUT2D eigenvalue weighted by molar-refractivity contribution is 0.222. The lowest BCUT2D eigenvalue weighted by Crippen LogP contribution is -2.17. The number of ether oxygens (including phenoxy) is 1. The second kappa shape index (κ2) is 6.80. The van der Waals surface area contributed by atoms with E-state index in [-0.39, 0.29) is 24.1 Å². The molecule has 2 heterocycles. The Hall–Kier alpha value is -2.48. The van der Waals surface area contributed by atoms with Gasteiger partial charge in [-0.2, -0.15) is 15.0 Å². The molecule has 0 spiro atoms. The molecule has 0 saturated heterocycles. The summed E-state index contributed by atoms with van der Waals surface area (Å²) in [6.45, 7) is 5.79. The normalized spacial score (nSPS) is 12.0. The van der Waals surface area contributed by atoms with Crippen LogP contribution in [0.25, 0.3) is 0 Å². The molecular weight excluding hydrogens is 270 g/mol. The summed E-state index contributed by atoms with van der Waals surface area (Å²) in [5.41, 5.74) is 3.47. The van der Waals surface area contributed by atoms with E-state index >= 15 is 0 Å². The zero-order valence-electron chi connectivity index (χ0n) is 12.2. The number of rotatable bonds is 6. The summed E-state index contributed by atoms with van der Waals surface area (Å²) in [5, 5.41) is 3.18. The van der Waals surface area contributed by atoms with Gasteiger partial charge in [0.15, 0.2) is 0 Å². The Labute approximate surface area is 123 Å². The van der Waals surface area contributed by atoms with Crippen molar-refractivity contribution in [2.75, 3.05) is 10.7 Å². The number of pyridine rings is 1. The van der Waals surface area contributed by atoms with Crippen LogP contribution in [0.1, 0.15) is 32.4 Å². The summed E-state index contributed by atoms with van der Waals surface area (Å²) in [4.78, 5) is 16.4. The Bertz CT molecular complexity index is 576. The van der Waals surface area contributed by atoms with E-state index in [1.54, 1.807) is 12.4 Å². The van der Waals surface area contributed by atoms with E-state index in [0.29, 0.717) is 5.95 Å². The molecule has 0 bridgehead atoms. The summed E-state index contributed by atoms with van der Waals surface area (Å²) in [6.07, 6.45) is 3.44. The zero-order valence-corrected chi connectivity index (χ0v) is 12.2. The van der Waals surface area contributed by atoms with Gasteiger partial charge in [0.25, 0.3) is 0 Å². The molecular formula is C13H19N7O. The number of hydrogen-bond acceptors (Lipinski definition) is 8. The molecule has 1 atom stereocenters. The van der Waals surface area contributed by atoms with Crippen molar-refractivity contribution in [3.63, 3.8) is 0 Å². The van der Waals surface area contributed by atoms with Gasteiger partial charge in [0, 0.05) is 12.4 Å². The lowest BCUT2D eigenvalue weighted by atomic mass is 10.1. The third-order valence-electron chi connectivity index (χ3n) is 2.64. The van der Waals surface area contributed by atoms with Crippen LogP contribution in [0.3, 0.4) is 0 Å². The molecule has 2 rings (SSSR count). The molecule has 2 aromatic rings. The van der Waals surface area contributed by atoms with Crippen LogP contribution in [0.15, 0.2) is 24.5 Å². The van der Waals surface area contributed by atoms with Gasteiger partial charge in [-0.05, 0) is 38.5 Å². The fourth-order valence-corrected chi connectivity index (χ4v) is 1.68. The van der Waals surface area contributed by atoms with E-state index in [0.717, 1.165) is 5.56 Å². The maximum Gasteiger partial charge on any atom is 0.323 e. The number of nitrogen functional groups attached to an aromatic ring is 1. The molecule has 112 valence electrons. The third-order valence-corrected chi connectivity index (χ3v) is 2.64. The number of anilines is 2. The molecule has 0 amide bonds.